The van der Waals surface area contributed by atoms with Crippen LogP contribution in [0.15, 0.2) is 0 Å². The largest absolute Gasteiger partial charge is 0.303 e. The van der Waals surface area contributed by atoms with Gasteiger partial charge in [0.15, 0.2) is 0 Å². The molecule has 2 saturated heterocycles. The maximum absolute atomic E-state index is 12.0. The molecule has 78 valence electrons. The van der Waals surface area contributed by atoms with E-state index in [1.807, 2.05) is 6.92 Å². The third-order valence-corrected chi connectivity index (χ3v) is 3.22. The van der Waals surface area contributed by atoms with Crippen LogP contribution in [0.2, 0.25) is 0 Å². The number of hydrogen-bond acceptors (Lipinski definition) is 3. The lowest BCUT2D eigenvalue weighted by molar-refractivity contribution is -0.140. The smallest absolute Gasteiger partial charge is 0.249 e. The summed E-state index contributed by atoms with van der Waals surface area (Å²) in [5.41, 5.74) is -0.536. The zero-order valence-electron chi connectivity index (χ0n) is 8.51. The minimum atomic E-state index is -0.536. The Balaban J connectivity index is 2.21. The Hall–Kier alpha value is -0.900. The van der Waals surface area contributed by atoms with Crippen molar-refractivity contribution < 1.29 is 9.59 Å². The number of piperidine rings is 1. The van der Waals surface area contributed by atoms with E-state index in [-0.39, 0.29) is 11.8 Å². The number of imide groups is 1. The van der Waals surface area contributed by atoms with Crippen LogP contribution in [0.3, 0.4) is 0 Å². The molecule has 0 aromatic rings. The van der Waals surface area contributed by atoms with Crippen LogP contribution in [0.4, 0.5) is 0 Å². The fourth-order valence-corrected chi connectivity index (χ4v) is 2.42. The minimum absolute atomic E-state index is 0.00954. The van der Waals surface area contributed by atoms with E-state index in [0.29, 0.717) is 13.0 Å². The van der Waals surface area contributed by atoms with Gasteiger partial charge in [0.25, 0.3) is 0 Å². The topological polar surface area (TPSA) is 49.4 Å². The second-order valence-electron chi connectivity index (χ2n) is 4.09. The van der Waals surface area contributed by atoms with Crippen molar-refractivity contribution in [3.8, 4) is 0 Å². The van der Waals surface area contributed by atoms with Gasteiger partial charge < -0.3 is 5.32 Å². The molecule has 2 heterocycles. The first kappa shape index (κ1) is 9.65. The van der Waals surface area contributed by atoms with Crippen molar-refractivity contribution in [2.24, 2.45) is 0 Å². The molecule has 14 heavy (non-hydrogen) atoms. The van der Waals surface area contributed by atoms with Crippen LogP contribution >= 0.6 is 0 Å². The average Bonchev–Trinajstić information content (AvgIpc) is 2.40. The van der Waals surface area contributed by atoms with Gasteiger partial charge in [-0.15, -0.1) is 0 Å². The monoisotopic (exact) mass is 196 g/mol. The standard InChI is InChI=1S/C10H16N2O2/c1-2-12-8(13)7-10(9(12)14)5-3-4-6-11-10/h11H,2-7H2,1H3. The number of likely N-dealkylation sites (N-methyl/N-ethyl adjacent to an activating group) is 1. The molecule has 0 bridgehead atoms. The summed E-state index contributed by atoms with van der Waals surface area (Å²) in [7, 11) is 0. The zero-order valence-corrected chi connectivity index (χ0v) is 8.51. The highest BCUT2D eigenvalue weighted by atomic mass is 16.2. The first-order valence-corrected chi connectivity index (χ1v) is 5.29. The normalized spacial score (nSPS) is 33.1. The number of nitrogens with one attached hydrogen (secondary N) is 1. The molecule has 2 aliphatic rings. The van der Waals surface area contributed by atoms with Gasteiger partial charge in [0.1, 0.15) is 5.54 Å². The molecular formula is C10H16N2O2. The summed E-state index contributed by atoms with van der Waals surface area (Å²) < 4.78 is 0. The second-order valence-corrected chi connectivity index (χ2v) is 4.09. The molecule has 1 unspecified atom stereocenters. The Labute approximate surface area is 83.6 Å². The highest BCUT2D eigenvalue weighted by Crippen LogP contribution is 2.31. The Morgan fingerprint density at radius 1 is 1.43 bits per heavy atom. The third-order valence-electron chi connectivity index (χ3n) is 3.22. The number of rotatable bonds is 1. The van der Waals surface area contributed by atoms with Crippen molar-refractivity contribution >= 4 is 11.8 Å². The van der Waals surface area contributed by atoms with Crippen LogP contribution in [-0.2, 0) is 9.59 Å². The zero-order chi connectivity index (χ0) is 10.2. The minimum Gasteiger partial charge on any atom is -0.303 e. The summed E-state index contributed by atoms with van der Waals surface area (Å²) >= 11 is 0. The van der Waals surface area contributed by atoms with Gasteiger partial charge >= 0.3 is 0 Å². The van der Waals surface area contributed by atoms with E-state index in [1.54, 1.807) is 0 Å². The maximum atomic E-state index is 12.0. The van der Waals surface area contributed by atoms with E-state index in [4.69, 9.17) is 0 Å². The number of carbonyl (C=O) groups is 2. The predicted molar refractivity (Wildman–Crippen MR) is 51.6 cm³/mol. The van der Waals surface area contributed by atoms with Crippen LogP contribution in [0.1, 0.15) is 32.6 Å². The molecule has 4 nitrogen and oxygen atoms in total. The molecule has 2 rings (SSSR count). The summed E-state index contributed by atoms with van der Waals surface area (Å²) in [4.78, 5) is 24.9. The van der Waals surface area contributed by atoms with E-state index in [1.165, 1.54) is 4.90 Å². The van der Waals surface area contributed by atoms with Gasteiger partial charge in [-0.05, 0) is 32.7 Å². The van der Waals surface area contributed by atoms with Crippen molar-refractivity contribution in [3.05, 3.63) is 0 Å². The van der Waals surface area contributed by atoms with Crippen molar-refractivity contribution in [1.29, 1.82) is 0 Å². The first-order valence-electron chi connectivity index (χ1n) is 5.29. The predicted octanol–water partition coefficient (Wildman–Crippen LogP) is 0.277. The fraction of sp³-hybridized carbons (Fsp3) is 0.800. The SMILES string of the molecule is CCN1C(=O)CC2(CCCCN2)C1=O. The van der Waals surface area contributed by atoms with Gasteiger partial charge in [0.05, 0.1) is 6.42 Å². The van der Waals surface area contributed by atoms with Crippen molar-refractivity contribution in [2.45, 2.75) is 38.1 Å². The van der Waals surface area contributed by atoms with Gasteiger partial charge in [0.2, 0.25) is 11.8 Å². The summed E-state index contributed by atoms with van der Waals surface area (Å²) in [6.07, 6.45) is 3.33. The quantitative estimate of drug-likeness (QED) is 0.613. The molecule has 0 aliphatic carbocycles. The van der Waals surface area contributed by atoms with E-state index in [2.05, 4.69) is 5.32 Å². The molecule has 0 saturated carbocycles. The van der Waals surface area contributed by atoms with Crippen molar-refractivity contribution in [2.75, 3.05) is 13.1 Å². The Morgan fingerprint density at radius 2 is 2.21 bits per heavy atom. The van der Waals surface area contributed by atoms with Crippen LogP contribution in [-0.4, -0.2) is 35.3 Å². The van der Waals surface area contributed by atoms with E-state index in [9.17, 15) is 9.59 Å². The van der Waals surface area contributed by atoms with E-state index in [0.717, 1.165) is 25.8 Å². The fourth-order valence-electron chi connectivity index (χ4n) is 2.42. The molecule has 0 aromatic carbocycles. The Kier molecular flexibility index (Phi) is 2.31. The van der Waals surface area contributed by atoms with Crippen LogP contribution < -0.4 is 5.32 Å². The lowest BCUT2D eigenvalue weighted by Crippen LogP contribution is -2.54. The van der Waals surface area contributed by atoms with Gasteiger partial charge in [-0.25, -0.2) is 0 Å². The molecular weight excluding hydrogens is 180 g/mol. The Bertz CT molecular complexity index is 269. The number of likely N-dealkylation sites (tertiary alicyclic amines) is 1. The molecule has 2 amide bonds. The van der Waals surface area contributed by atoms with Crippen LogP contribution in [0, 0.1) is 0 Å². The van der Waals surface area contributed by atoms with Gasteiger partial charge in [-0.2, -0.15) is 0 Å². The molecule has 2 fully saturated rings. The molecule has 1 atom stereocenters. The number of hydrogen-bond donors (Lipinski definition) is 1. The first-order chi connectivity index (χ1) is 6.69. The Morgan fingerprint density at radius 3 is 2.71 bits per heavy atom. The van der Waals surface area contributed by atoms with E-state index < -0.39 is 5.54 Å². The molecule has 2 aliphatic heterocycles. The molecule has 4 heteroatoms. The van der Waals surface area contributed by atoms with Gasteiger partial charge in [-0.3, -0.25) is 14.5 Å². The maximum Gasteiger partial charge on any atom is 0.249 e. The lowest BCUT2D eigenvalue weighted by Gasteiger charge is -2.31. The molecule has 0 aromatic heterocycles. The summed E-state index contributed by atoms with van der Waals surface area (Å²) in [6, 6.07) is 0. The highest BCUT2D eigenvalue weighted by Gasteiger charge is 2.50. The third kappa shape index (κ3) is 1.25. The number of nitrogens with zero attached hydrogens (tertiary/aromatic N) is 1. The molecule has 1 N–H and O–H groups in total. The van der Waals surface area contributed by atoms with Crippen molar-refractivity contribution in [1.82, 2.24) is 10.2 Å². The van der Waals surface area contributed by atoms with Gasteiger partial charge in [0, 0.05) is 6.54 Å². The number of amides is 2. The summed E-state index contributed by atoms with van der Waals surface area (Å²) in [5, 5.41) is 3.23. The lowest BCUT2D eigenvalue weighted by atomic mass is 9.87. The average molecular weight is 196 g/mol. The highest BCUT2D eigenvalue weighted by molar-refractivity contribution is 6.08. The summed E-state index contributed by atoms with van der Waals surface area (Å²) in [6.45, 7) is 3.20. The number of carbonyl (C=O) groups excluding carboxylic acids is 2. The van der Waals surface area contributed by atoms with Crippen molar-refractivity contribution in [3.63, 3.8) is 0 Å². The van der Waals surface area contributed by atoms with Crippen LogP contribution in [0.25, 0.3) is 0 Å². The summed E-state index contributed by atoms with van der Waals surface area (Å²) in [5.74, 6) is -0.0309. The van der Waals surface area contributed by atoms with E-state index >= 15 is 0 Å². The van der Waals surface area contributed by atoms with Crippen LogP contribution in [0.5, 0.6) is 0 Å². The molecule has 1 spiro atoms. The molecule has 0 radical (unpaired) electrons. The second kappa shape index (κ2) is 3.35. The van der Waals surface area contributed by atoms with Gasteiger partial charge in [-0.1, -0.05) is 0 Å².